The molecule has 0 radical (unpaired) electrons. The van der Waals surface area contributed by atoms with Gasteiger partial charge in [0.15, 0.2) is 0 Å². The van der Waals surface area contributed by atoms with E-state index in [1.54, 1.807) is 0 Å². The number of nitrogens with two attached hydrogens (primary N) is 1. The SMILES string of the molecule is NC1(C(=O)NC2CCC(CNC(=O)c3cc(F)cc(C(F)(F)F)c3)CC2)CCCC1. The van der Waals surface area contributed by atoms with E-state index in [0.717, 1.165) is 44.6 Å². The number of alkyl halides is 3. The molecule has 5 nitrogen and oxygen atoms in total. The van der Waals surface area contributed by atoms with Crippen LogP contribution in [0.2, 0.25) is 0 Å². The first-order chi connectivity index (χ1) is 14.1. The molecule has 0 heterocycles. The van der Waals surface area contributed by atoms with Crippen molar-refractivity contribution in [3.8, 4) is 0 Å². The Morgan fingerprint density at radius 3 is 2.30 bits per heavy atom. The fraction of sp³-hybridized carbons (Fsp3) is 0.619. The molecule has 30 heavy (non-hydrogen) atoms. The minimum Gasteiger partial charge on any atom is -0.352 e. The van der Waals surface area contributed by atoms with Crippen LogP contribution in [0.1, 0.15) is 67.3 Å². The normalized spacial score (nSPS) is 23.8. The molecule has 166 valence electrons. The number of halogens is 4. The van der Waals surface area contributed by atoms with Crippen molar-refractivity contribution >= 4 is 11.8 Å². The molecule has 2 aliphatic carbocycles. The van der Waals surface area contributed by atoms with E-state index in [4.69, 9.17) is 5.73 Å². The van der Waals surface area contributed by atoms with Gasteiger partial charge in [-0.1, -0.05) is 12.8 Å². The minimum absolute atomic E-state index is 0.0445. The summed E-state index contributed by atoms with van der Waals surface area (Å²) >= 11 is 0. The van der Waals surface area contributed by atoms with Crippen molar-refractivity contribution in [1.82, 2.24) is 10.6 Å². The Labute approximate surface area is 172 Å². The summed E-state index contributed by atoms with van der Waals surface area (Å²) < 4.78 is 51.9. The van der Waals surface area contributed by atoms with Gasteiger partial charge in [-0.3, -0.25) is 9.59 Å². The Kier molecular flexibility index (Phi) is 6.69. The van der Waals surface area contributed by atoms with Gasteiger partial charge in [0.1, 0.15) is 5.82 Å². The molecule has 0 spiro atoms. The Hall–Kier alpha value is -2.16. The van der Waals surface area contributed by atoms with E-state index in [2.05, 4.69) is 10.6 Å². The van der Waals surface area contributed by atoms with Gasteiger partial charge < -0.3 is 16.4 Å². The molecule has 2 amide bonds. The second kappa shape index (κ2) is 8.91. The topological polar surface area (TPSA) is 84.2 Å². The highest BCUT2D eigenvalue weighted by molar-refractivity contribution is 5.94. The highest BCUT2D eigenvalue weighted by Gasteiger charge is 2.38. The summed E-state index contributed by atoms with van der Waals surface area (Å²) in [4.78, 5) is 24.6. The third kappa shape index (κ3) is 5.50. The third-order valence-electron chi connectivity index (χ3n) is 6.17. The average molecular weight is 429 g/mol. The lowest BCUT2D eigenvalue weighted by Gasteiger charge is -2.32. The lowest BCUT2D eigenvalue weighted by Crippen LogP contribution is -2.55. The molecule has 9 heteroatoms. The molecule has 0 saturated heterocycles. The van der Waals surface area contributed by atoms with Gasteiger partial charge in [0.2, 0.25) is 5.91 Å². The number of carbonyl (C=O) groups is 2. The van der Waals surface area contributed by atoms with E-state index in [9.17, 15) is 27.2 Å². The molecule has 2 fully saturated rings. The molecule has 0 aromatic heterocycles. The Balaban J connectivity index is 1.46. The van der Waals surface area contributed by atoms with Gasteiger partial charge in [-0.05, 0) is 62.6 Å². The Morgan fingerprint density at radius 1 is 1.07 bits per heavy atom. The van der Waals surface area contributed by atoms with Crippen LogP contribution in [-0.4, -0.2) is 29.9 Å². The third-order valence-corrected chi connectivity index (χ3v) is 6.17. The van der Waals surface area contributed by atoms with Gasteiger partial charge in [-0.2, -0.15) is 13.2 Å². The maximum atomic E-state index is 13.5. The maximum absolute atomic E-state index is 13.5. The number of hydrogen-bond acceptors (Lipinski definition) is 3. The van der Waals surface area contributed by atoms with Crippen LogP contribution in [0.5, 0.6) is 0 Å². The first-order valence-corrected chi connectivity index (χ1v) is 10.3. The number of rotatable bonds is 5. The van der Waals surface area contributed by atoms with Gasteiger partial charge in [0, 0.05) is 18.2 Å². The van der Waals surface area contributed by atoms with E-state index >= 15 is 0 Å². The molecule has 2 aliphatic rings. The van der Waals surface area contributed by atoms with Gasteiger partial charge in [-0.25, -0.2) is 4.39 Å². The summed E-state index contributed by atoms with van der Waals surface area (Å²) in [5, 5.41) is 5.64. The van der Waals surface area contributed by atoms with E-state index in [1.807, 2.05) is 0 Å². The number of nitrogens with one attached hydrogen (secondary N) is 2. The van der Waals surface area contributed by atoms with E-state index in [1.165, 1.54) is 0 Å². The molecule has 4 N–H and O–H groups in total. The number of benzene rings is 1. The van der Waals surface area contributed by atoms with Crippen molar-refractivity contribution in [3.05, 3.63) is 35.1 Å². The van der Waals surface area contributed by atoms with Crippen LogP contribution >= 0.6 is 0 Å². The van der Waals surface area contributed by atoms with Crippen LogP contribution in [0.15, 0.2) is 18.2 Å². The standard InChI is InChI=1S/C21H27F4N3O2/c22-16-10-14(9-15(11-16)21(23,24)25)18(29)27-12-13-3-5-17(6-4-13)28-19(30)20(26)7-1-2-8-20/h9-11,13,17H,1-8,12,26H2,(H,27,29)(H,28,30). The van der Waals surface area contributed by atoms with Crippen LogP contribution in [-0.2, 0) is 11.0 Å². The van der Waals surface area contributed by atoms with Crippen molar-refractivity contribution in [2.24, 2.45) is 11.7 Å². The summed E-state index contributed by atoms with van der Waals surface area (Å²) in [7, 11) is 0. The Morgan fingerprint density at radius 2 is 1.70 bits per heavy atom. The smallest absolute Gasteiger partial charge is 0.352 e. The first kappa shape index (κ1) is 22.5. The summed E-state index contributed by atoms with van der Waals surface area (Å²) in [5.74, 6) is -1.78. The summed E-state index contributed by atoms with van der Waals surface area (Å²) in [6.45, 7) is 0.290. The molecule has 1 aromatic rings. The van der Waals surface area contributed by atoms with Crippen molar-refractivity contribution in [3.63, 3.8) is 0 Å². The number of amides is 2. The van der Waals surface area contributed by atoms with Crippen LogP contribution in [0.3, 0.4) is 0 Å². The lowest BCUT2D eigenvalue weighted by molar-refractivity contribution is -0.137. The van der Waals surface area contributed by atoms with E-state index < -0.39 is 29.0 Å². The predicted molar refractivity (Wildman–Crippen MR) is 103 cm³/mol. The summed E-state index contributed by atoms with van der Waals surface area (Å²) in [6, 6.07) is 1.85. The predicted octanol–water partition coefficient (Wildman–Crippen LogP) is 3.52. The largest absolute Gasteiger partial charge is 0.416 e. The molecule has 0 bridgehead atoms. The summed E-state index contributed by atoms with van der Waals surface area (Å²) in [5.41, 5.74) is 3.87. The monoisotopic (exact) mass is 429 g/mol. The quantitative estimate of drug-likeness (QED) is 0.627. The van der Waals surface area contributed by atoms with Gasteiger partial charge in [0.25, 0.3) is 5.91 Å². The lowest BCUT2D eigenvalue weighted by atomic mass is 9.85. The molecule has 0 aliphatic heterocycles. The van der Waals surface area contributed by atoms with Crippen LogP contribution in [0.25, 0.3) is 0 Å². The minimum atomic E-state index is -4.72. The molecule has 2 saturated carbocycles. The average Bonchev–Trinajstić information content (AvgIpc) is 3.14. The Bertz CT molecular complexity index is 783. The first-order valence-electron chi connectivity index (χ1n) is 10.3. The van der Waals surface area contributed by atoms with Crippen molar-refractivity contribution < 1.29 is 27.2 Å². The fourth-order valence-electron chi connectivity index (χ4n) is 4.30. The zero-order valence-corrected chi connectivity index (χ0v) is 16.7. The zero-order valence-electron chi connectivity index (χ0n) is 16.7. The van der Waals surface area contributed by atoms with E-state index in [-0.39, 0.29) is 30.0 Å². The van der Waals surface area contributed by atoms with Crippen molar-refractivity contribution in [2.45, 2.75) is 69.1 Å². The molecule has 1 aromatic carbocycles. The van der Waals surface area contributed by atoms with Crippen LogP contribution in [0.4, 0.5) is 17.6 Å². The van der Waals surface area contributed by atoms with E-state index in [0.29, 0.717) is 25.0 Å². The second-order valence-corrected chi connectivity index (χ2v) is 8.49. The van der Waals surface area contributed by atoms with Gasteiger partial charge in [-0.15, -0.1) is 0 Å². The molecular formula is C21H27F4N3O2. The maximum Gasteiger partial charge on any atom is 0.416 e. The highest BCUT2D eigenvalue weighted by atomic mass is 19.4. The fourth-order valence-corrected chi connectivity index (χ4v) is 4.30. The van der Waals surface area contributed by atoms with Gasteiger partial charge >= 0.3 is 6.18 Å². The van der Waals surface area contributed by atoms with Crippen molar-refractivity contribution in [2.75, 3.05) is 6.54 Å². The van der Waals surface area contributed by atoms with Crippen molar-refractivity contribution in [1.29, 1.82) is 0 Å². The van der Waals surface area contributed by atoms with Crippen LogP contribution in [0, 0.1) is 11.7 Å². The van der Waals surface area contributed by atoms with Gasteiger partial charge in [0.05, 0.1) is 11.1 Å². The summed E-state index contributed by atoms with van der Waals surface area (Å²) in [6.07, 6.45) is 1.64. The zero-order chi connectivity index (χ0) is 21.9. The number of hydrogen-bond donors (Lipinski definition) is 3. The highest BCUT2D eigenvalue weighted by Crippen LogP contribution is 2.31. The molecule has 0 atom stereocenters. The number of carbonyl (C=O) groups excluding carboxylic acids is 2. The molecule has 0 unspecified atom stereocenters. The molecular weight excluding hydrogens is 402 g/mol. The van der Waals surface area contributed by atoms with Crippen LogP contribution < -0.4 is 16.4 Å². The second-order valence-electron chi connectivity index (χ2n) is 8.49. The molecule has 3 rings (SSSR count).